The minimum atomic E-state index is -0.686. The van der Waals surface area contributed by atoms with Crippen molar-refractivity contribution in [1.29, 1.82) is 0 Å². The van der Waals surface area contributed by atoms with E-state index >= 15 is 0 Å². The second kappa shape index (κ2) is 6.94. The molecule has 1 aromatic heterocycles. The van der Waals surface area contributed by atoms with Crippen molar-refractivity contribution in [2.75, 3.05) is 29.4 Å². The first-order chi connectivity index (χ1) is 12.6. The lowest BCUT2D eigenvalue weighted by molar-refractivity contribution is -0.142. The van der Waals surface area contributed by atoms with E-state index in [1.54, 1.807) is 0 Å². The summed E-state index contributed by atoms with van der Waals surface area (Å²) in [5, 5.41) is 9.20. The van der Waals surface area contributed by atoms with Crippen LogP contribution in [0.2, 0.25) is 0 Å². The van der Waals surface area contributed by atoms with Gasteiger partial charge in [0.25, 0.3) is 0 Å². The number of rotatable bonds is 3. The minimum Gasteiger partial charge on any atom is -0.481 e. The van der Waals surface area contributed by atoms with Gasteiger partial charge in [-0.2, -0.15) is 0 Å². The highest BCUT2D eigenvalue weighted by Gasteiger charge is 2.26. The summed E-state index contributed by atoms with van der Waals surface area (Å²) in [4.78, 5) is 25.0. The maximum Gasteiger partial charge on any atom is 0.306 e. The summed E-state index contributed by atoms with van der Waals surface area (Å²) in [5.74, 6) is 1.66. The van der Waals surface area contributed by atoms with Crippen molar-refractivity contribution in [1.82, 2.24) is 9.97 Å². The molecule has 26 heavy (non-hydrogen) atoms. The van der Waals surface area contributed by atoms with E-state index in [0.29, 0.717) is 12.8 Å². The lowest BCUT2D eigenvalue weighted by atomic mass is 9.97. The first-order valence-corrected chi connectivity index (χ1v) is 9.31. The molecule has 2 aliphatic rings. The molecule has 0 amide bonds. The number of fused-ring (bicyclic) bond motifs is 1. The molecule has 2 aromatic rings. The number of benzene rings is 1. The second-order valence-electron chi connectivity index (χ2n) is 7.12. The molecule has 1 N–H and O–H groups in total. The van der Waals surface area contributed by atoms with E-state index in [2.05, 4.69) is 50.1 Å². The highest BCUT2D eigenvalue weighted by Crippen LogP contribution is 2.34. The van der Waals surface area contributed by atoms with Crippen molar-refractivity contribution in [2.24, 2.45) is 5.92 Å². The van der Waals surface area contributed by atoms with Gasteiger partial charge in [-0.15, -0.1) is 0 Å². The molecule has 1 aromatic carbocycles. The Balaban J connectivity index is 1.61. The van der Waals surface area contributed by atoms with Crippen LogP contribution in [0.5, 0.6) is 0 Å². The van der Waals surface area contributed by atoms with Gasteiger partial charge in [-0.3, -0.25) is 4.79 Å². The van der Waals surface area contributed by atoms with Gasteiger partial charge in [0.2, 0.25) is 0 Å². The smallest absolute Gasteiger partial charge is 0.306 e. The third-order valence-corrected chi connectivity index (χ3v) is 5.37. The van der Waals surface area contributed by atoms with Gasteiger partial charge in [0.05, 0.1) is 5.92 Å². The normalized spacial score (nSPS) is 17.9. The summed E-state index contributed by atoms with van der Waals surface area (Å²) < 4.78 is 0. The van der Waals surface area contributed by atoms with Gasteiger partial charge in [-0.05, 0) is 44.2 Å². The zero-order chi connectivity index (χ0) is 18.1. The first-order valence-electron chi connectivity index (χ1n) is 9.31. The molecule has 1 fully saturated rings. The fourth-order valence-electron chi connectivity index (χ4n) is 3.96. The van der Waals surface area contributed by atoms with Gasteiger partial charge in [-0.25, -0.2) is 9.97 Å². The summed E-state index contributed by atoms with van der Waals surface area (Å²) in [6.45, 7) is 4.33. The molecule has 0 aliphatic carbocycles. The largest absolute Gasteiger partial charge is 0.481 e. The van der Waals surface area contributed by atoms with E-state index in [0.717, 1.165) is 49.9 Å². The SMILES string of the molecule is Cc1nc(N2CCC(C(=O)O)CC2)cc(N2CCCc3ccccc32)n1. The van der Waals surface area contributed by atoms with Crippen molar-refractivity contribution in [3.63, 3.8) is 0 Å². The first kappa shape index (κ1) is 16.8. The summed E-state index contributed by atoms with van der Waals surface area (Å²) in [5.41, 5.74) is 2.59. The topological polar surface area (TPSA) is 69.6 Å². The van der Waals surface area contributed by atoms with Crippen LogP contribution in [0, 0.1) is 12.8 Å². The number of aryl methyl sites for hydroxylation is 2. The molecule has 0 atom stereocenters. The molecule has 3 heterocycles. The maximum absolute atomic E-state index is 11.2. The lowest BCUT2D eigenvalue weighted by Gasteiger charge is -2.33. The average Bonchev–Trinajstić information content (AvgIpc) is 2.67. The van der Waals surface area contributed by atoms with Crippen LogP contribution >= 0.6 is 0 Å². The molecule has 136 valence electrons. The van der Waals surface area contributed by atoms with E-state index in [9.17, 15) is 9.90 Å². The quantitative estimate of drug-likeness (QED) is 0.915. The van der Waals surface area contributed by atoms with Gasteiger partial charge >= 0.3 is 5.97 Å². The summed E-state index contributed by atoms with van der Waals surface area (Å²) in [7, 11) is 0. The molecule has 2 aliphatic heterocycles. The van der Waals surface area contributed by atoms with Crippen molar-refractivity contribution in [2.45, 2.75) is 32.6 Å². The van der Waals surface area contributed by atoms with Crippen LogP contribution in [-0.2, 0) is 11.2 Å². The lowest BCUT2D eigenvalue weighted by Crippen LogP contribution is -2.37. The Bertz CT molecular complexity index is 815. The molecular formula is C20H24N4O2. The third-order valence-electron chi connectivity index (χ3n) is 5.37. The molecule has 1 saturated heterocycles. The van der Waals surface area contributed by atoms with Crippen LogP contribution in [0.4, 0.5) is 17.3 Å². The van der Waals surface area contributed by atoms with Crippen LogP contribution in [-0.4, -0.2) is 40.7 Å². The number of hydrogen-bond acceptors (Lipinski definition) is 5. The van der Waals surface area contributed by atoms with Gasteiger partial charge in [0, 0.05) is 31.4 Å². The van der Waals surface area contributed by atoms with E-state index in [-0.39, 0.29) is 5.92 Å². The molecule has 4 rings (SSSR count). The molecular weight excluding hydrogens is 328 g/mol. The molecule has 0 bridgehead atoms. The second-order valence-corrected chi connectivity index (χ2v) is 7.12. The van der Waals surface area contributed by atoms with E-state index in [4.69, 9.17) is 0 Å². The molecule has 0 radical (unpaired) electrons. The monoisotopic (exact) mass is 352 g/mol. The molecule has 0 unspecified atom stereocenters. The molecule has 6 nitrogen and oxygen atoms in total. The van der Waals surface area contributed by atoms with Gasteiger partial charge < -0.3 is 14.9 Å². The van der Waals surface area contributed by atoms with Crippen molar-refractivity contribution < 1.29 is 9.90 Å². The number of carbonyl (C=O) groups is 1. The van der Waals surface area contributed by atoms with Gasteiger partial charge in [0.15, 0.2) is 0 Å². The Morgan fingerprint density at radius 2 is 1.85 bits per heavy atom. The van der Waals surface area contributed by atoms with E-state index in [1.807, 2.05) is 6.92 Å². The van der Waals surface area contributed by atoms with Gasteiger partial charge in [-0.1, -0.05) is 18.2 Å². The highest BCUT2D eigenvalue weighted by atomic mass is 16.4. The number of hydrogen-bond donors (Lipinski definition) is 1. The Kier molecular flexibility index (Phi) is 4.49. The summed E-state index contributed by atoms with van der Waals surface area (Å²) >= 11 is 0. The number of carboxylic acid groups (broad SMARTS) is 1. The number of carboxylic acids is 1. The van der Waals surface area contributed by atoms with Crippen molar-refractivity contribution >= 4 is 23.3 Å². The zero-order valence-corrected chi connectivity index (χ0v) is 15.1. The Morgan fingerprint density at radius 3 is 2.62 bits per heavy atom. The van der Waals surface area contributed by atoms with Crippen LogP contribution in [0.3, 0.4) is 0 Å². The number of nitrogens with zero attached hydrogens (tertiary/aromatic N) is 4. The van der Waals surface area contributed by atoms with Crippen LogP contribution < -0.4 is 9.80 Å². The number of piperidine rings is 1. The maximum atomic E-state index is 11.2. The standard InChI is InChI=1S/C20H24N4O2/c1-14-21-18(23-11-8-16(9-12-23)20(25)26)13-19(22-14)24-10-4-6-15-5-2-3-7-17(15)24/h2-3,5,7,13,16H,4,6,8-12H2,1H3,(H,25,26). The molecule has 6 heteroatoms. The highest BCUT2D eigenvalue weighted by molar-refractivity contribution is 5.71. The summed E-state index contributed by atoms with van der Waals surface area (Å²) in [6.07, 6.45) is 3.55. The van der Waals surface area contributed by atoms with Crippen LogP contribution in [0.1, 0.15) is 30.7 Å². The Labute approximate surface area is 153 Å². The molecule has 0 saturated carbocycles. The number of para-hydroxylation sites is 1. The van der Waals surface area contributed by atoms with Crippen LogP contribution in [0.15, 0.2) is 30.3 Å². The summed E-state index contributed by atoms with van der Waals surface area (Å²) in [6, 6.07) is 10.6. The van der Waals surface area contributed by atoms with Crippen molar-refractivity contribution in [3.05, 3.63) is 41.7 Å². The number of aromatic nitrogens is 2. The number of aliphatic carboxylic acids is 1. The minimum absolute atomic E-state index is 0.234. The molecule has 0 spiro atoms. The fraction of sp³-hybridized carbons (Fsp3) is 0.450. The number of anilines is 3. The van der Waals surface area contributed by atoms with Crippen molar-refractivity contribution in [3.8, 4) is 0 Å². The van der Waals surface area contributed by atoms with Gasteiger partial charge in [0.1, 0.15) is 17.5 Å². The zero-order valence-electron chi connectivity index (χ0n) is 15.1. The Morgan fingerprint density at radius 1 is 1.12 bits per heavy atom. The fourth-order valence-corrected chi connectivity index (χ4v) is 3.96. The predicted octanol–water partition coefficient (Wildman–Crippen LogP) is 3.17. The van der Waals surface area contributed by atoms with E-state index in [1.165, 1.54) is 11.3 Å². The average molecular weight is 352 g/mol. The van der Waals surface area contributed by atoms with E-state index < -0.39 is 5.97 Å². The Hall–Kier alpha value is -2.63. The predicted molar refractivity (Wildman–Crippen MR) is 101 cm³/mol. The van der Waals surface area contributed by atoms with Crippen LogP contribution in [0.25, 0.3) is 0 Å². The third kappa shape index (κ3) is 3.23.